The average molecular weight is 431 g/mol. The molecular weight excluding hydrogens is 401 g/mol. The van der Waals surface area contributed by atoms with Gasteiger partial charge in [-0.25, -0.2) is 0 Å². The summed E-state index contributed by atoms with van der Waals surface area (Å²) in [5, 5.41) is 3.19. The van der Waals surface area contributed by atoms with Crippen molar-refractivity contribution in [2.45, 2.75) is 19.9 Å². The molecule has 0 aliphatic carbocycles. The van der Waals surface area contributed by atoms with Gasteiger partial charge in [0.2, 0.25) is 0 Å². The van der Waals surface area contributed by atoms with Crippen LogP contribution in [0.3, 0.4) is 0 Å². The highest BCUT2D eigenvalue weighted by molar-refractivity contribution is 14.0. The second-order valence-corrected chi connectivity index (χ2v) is 5.80. The molecule has 1 aliphatic heterocycles. The molecule has 1 heterocycles. The zero-order valence-corrected chi connectivity index (χ0v) is 16.4. The zero-order chi connectivity index (χ0) is 15.6. The summed E-state index contributed by atoms with van der Waals surface area (Å²) in [7, 11) is 0. The Labute approximate surface area is 157 Å². The van der Waals surface area contributed by atoms with E-state index < -0.39 is 0 Å². The summed E-state index contributed by atoms with van der Waals surface area (Å²) in [6.45, 7) is 10.4. The first kappa shape index (κ1) is 20.2. The van der Waals surface area contributed by atoms with Crippen molar-refractivity contribution in [1.29, 1.82) is 0 Å². The Bertz CT molecular complexity index is 444. The molecule has 0 amide bonds. The Morgan fingerprint density at radius 2 is 1.78 bits per heavy atom. The van der Waals surface area contributed by atoms with Crippen LogP contribution in [0.5, 0.6) is 0 Å². The first-order valence-electron chi connectivity index (χ1n) is 8.30. The molecule has 0 aromatic heterocycles. The summed E-state index contributed by atoms with van der Waals surface area (Å²) >= 11 is 0. The van der Waals surface area contributed by atoms with Crippen molar-refractivity contribution in [3.05, 3.63) is 35.9 Å². The van der Waals surface area contributed by atoms with Crippen LogP contribution in [-0.4, -0.2) is 61.6 Å². The highest BCUT2D eigenvalue weighted by Gasteiger charge is 2.16. The number of nitrogens with one attached hydrogen (secondary N) is 1. The van der Waals surface area contributed by atoms with Gasteiger partial charge in [0, 0.05) is 52.4 Å². The first-order valence-corrected chi connectivity index (χ1v) is 8.30. The Morgan fingerprint density at radius 3 is 2.43 bits per heavy atom. The van der Waals surface area contributed by atoms with Crippen LogP contribution in [0.1, 0.15) is 18.9 Å². The second-order valence-electron chi connectivity index (χ2n) is 5.80. The van der Waals surface area contributed by atoms with Crippen LogP contribution in [-0.2, 0) is 6.54 Å². The van der Waals surface area contributed by atoms with E-state index in [0.29, 0.717) is 5.96 Å². The van der Waals surface area contributed by atoms with Gasteiger partial charge in [0.25, 0.3) is 0 Å². The molecule has 130 valence electrons. The Hall–Kier alpha value is -0.860. The van der Waals surface area contributed by atoms with E-state index in [2.05, 4.69) is 57.4 Å². The van der Waals surface area contributed by atoms with Gasteiger partial charge in [-0.1, -0.05) is 37.3 Å². The van der Waals surface area contributed by atoms with Crippen molar-refractivity contribution in [3.8, 4) is 0 Å². The van der Waals surface area contributed by atoms with E-state index in [1.807, 2.05) is 0 Å². The molecule has 1 aromatic carbocycles. The molecule has 0 saturated carbocycles. The van der Waals surface area contributed by atoms with Crippen molar-refractivity contribution in [2.24, 2.45) is 10.7 Å². The van der Waals surface area contributed by atoms with Gasteiger partial charge in [-0.15, -0.1) is 24.0 Å². The summed E-state index contributed by atoms with van der Waals surface area (Å²) in [6, 6.07) is 10.7. The smallest absolute Gasteiger partial charge is 0.188 e. The fraction of sp³-hybridized carbons (Fsp3) is 0.588. The van der Waals surface area contributed by atoms with E-state index in [1.54, 1.807) is 0 Å². The van der Waals surface area contributed by atoms with Crippen molar-refractivity contribution in [1.82, 2.24) is 15.1 Å². The van der Waals surface area contributed by atoms with Crippen molar-refractivity contribution in [2.75, 3.05) is 45.8 Å². The maximum absolute atomic E-state index is 5.80. The molecule has 1 aromatic rings. The maximum Gasteiger partial charge on any atom is 0.188 e. The van der Waals surface area contributed by atoms with Gasteiger partial charge < -0.3 is 11.1 Å². The summed E-state index contributed by atoms with van der Waals surface area (Å²) < 4.78 is 0. The second kappa shape index (κ2) is 11.6. The third-order valence-electron chi connectivity index (χ3n) is 3.95. The Balaban J connectivity index is 0.00000264. The number of rotatable bonds is 7. The van der Waals surface area contributed by atoms with Crippen LogP contribution in [0.15, 0.2) is 35.3 Å². The molecule has 5 nitrogen and oxygen atoms in total. The fourth-order valence-corrected chi connectivity index (χ4v) is 2.64. The van der Waals surface area contributed by atoms with Crippen molar-refractivity contribution in [3.63, 3.8) is 0 Å². The number of hydrogen-bond donors (Lipinski definition) is 2. The maximum atomic E-state index is 5.80. The molecule has 1 saturated heterocycles. The number of aliphatic imine (C=N–C) groups is 1. The van der Waals surface area contributed by atoms with Crippen molar-refractivity contribution >= 4 is 29.9 Å². The number of benzene rings is 1. The van der Waals surface area contributed by atoms with Gasteiger partial charge in [0.05, 0.1) is 0 Å². The SMILES string of the molecule is CCCN=C(N)NCCN1CCN(Cc2ccccc2)CC1.I. The number of piperazine rings is 1. The van der Waals surface area contributed by atoms with Gasteiger partial charge in [-0.3, -0.25) is 14.8 Å². The normalized spacial score (nSPS) is 16.8. The lowest BCUT2D eigenvalue weighted by Crippen LogP contribution is -2.48. The molecule has 0 atom stereocenters. The molecule has 0 radical (unpaired) electrons. The van der Waals surface area contributed by atoms with Gasteiger partial charge >= 0.3 is 0 Å². The molecular formula is C17H30IN5. The predicted molar refractivity (Wildman–Crippen MR) is 108 cm³/mol. The summed E-state index contributed by atoms with van der Waals surface area (Å²) in [5.74, 6) is 0.574. The predicted octanol–water partition coefficient (Wildman–Crippen LogP) is 1.74. The van der Waals surface area contributed by atoms with Gasteiger partial charge in [0.15, 0.2) is 5.96 Å². The number of nitrogens with two attached hydrogens (primary N) is 1. The third kappa shape index (κ3) is 7.99. The standard InChI is InChI=1S/C17H29N5.HI/c1-2-8-19-17(18)20-9-10-21-11-13-22(14-12-21)15-16-6-4-3-5-7-16;/h3-7H,2,8-15H2,1H3,(H3,18,19,20);1H. The lowest BCUT2D eigenvalue weighted by atomic mass is 10.2. The minimum absolute atomic E-state index is 0. The third-order valence-corrected chi connectivity index (χ3v) is 3.95. The first-order chi connectivity index (χ1) is 10.8. The summed E-state index contributed by atoms with van der Waals surface area (Å²) in [6.07, 6.45) is 1.03. The van der Waals surface area contributed by atoms with E-state index in [0.717, 1.165) is 58.8 Å². The zero-order valence-electron chi connectivity index (χ0n) is 14.1. The van der Waals surface area contributed by atoms with Crippen LogP contribution >= 0.6 is 24.0 Å². The summed E-state index contributed by atoms with van der Waals surface area (Å²) in [5.41, 5.74) is 7.20. The van der Waals surface area contributed by atoms with E-state index in [-0.39, 0.29) is 24.0 Å². The Kier molecular flexibility index (Phi) is 10.2. The largest absolute Gasteiger partial charge is 0.370 e. The molecule has 1 fully saturated rings. The van der Waals surface area contributed by atoms with E-state index in [9.17, 15) is 0 Å². The van der Waals surface area contributed by atoms with Gasteiger partial charge in [-0.05, 0) is 12.0 Å². The molecule has 0 bridgehead atoms. The molecule has 2 rings (SSSR count). The molecule has 6 heteroatoms. The van der Waals surface area contributed by atoms with Crippen LogP contribution in [0.25, 0.3) is 0 Å². The molecule has 0 spiro atoms. The van der Waals surface area contributed by atoms with Crippen LogP contribution in [0.4, 0.5) is 0 Å². The topological polar surface area (TPSA) is 56.9 Å². The van der Waals surface area contributed by atoms with E-state index in [1.165, 1.54) is 5.56 Å². The lowest BCUT2D eigenvalue weighted by molar-refractivity contribution is 0.129. The van der Waals surface area contributed by atoms with Gasteiger partial charge in [0.1, 0.15) is 0 Å². The van der Waals surface area contributed by atoms with Crippen molar-refractivity contribution < 1.29 is 0 Å². The monoisotopic (exact) mass is 431 g/mol. The number of guanidine groups is 1. The number of hydrogen-bond acceptors (Lipinski definition) is 3. The molecule has 1 aliphatic rings. The lowest BCUT2D eigenvalue weighted by Gasteiger charge is -2.34. The van der Waals surface area contributed by atoms with Crippen LogP contribution < -0.4 is 11.1 Å². The number of nitrogens with zero attached hydrogens (tertiary/aromatic N) is 3. The van der Waals surface area contributed by atoms with Crippen LogP contribution in [0, 0.1) is 0 Å². The van der Waals surface area contributed by atoms with Gasteiger partial charge in [-0.2, -0.15) is 0 Å². The minimum atomic E-state index is 0. The minimum Gasteiger partial charge on any atom is -0.370 e. The molecule has 23 heavy (non-hydrogen) atoms. The molecule has 3 N–H and O–H groups in total. The van der Waals surface area contributed by atoms with E-state index >= 15 is 0 Å². The highest BCUT2D eigenvalue weighted by Crippen LogP contribution is 2.07. The van der Waals surface area contributed by atoms with Crippen LogP contribution in [0.2, 0.25) is 0 Å². The highest BCUT2D eigenvalue weighted by atomic mass is 127. The Morgan fingerprint density at radius 1 is 1.13 bits per heavy atom. The molecule has 0 unspecified atom stereocenters. The average Bonchev–Trinajstić information content (AvgIpc) is 2.55. The summed E-state index contributed by atoms with van der Waals surface area (Å²) in [4.78, 5) is 9.25. The van der Waals surface area contributed by atoms with E-state index in [4.69, 9.17) is 5.73 Å². The quantitative estimate of drug-likeness (QED) is 0.393. The fourth-order valence-electron chi connectivity index (χ4n) is 2.64. The number of halogens is 1.